The molecule has 0 saturated carbocycles. The van der Waals surface area contributed by atoms with Gasteiger partial charge in [-0.2, -0.15) is 0 Å². The predicted molar refractivity (Wildman–Crippen MR) is 68.9 cm³/mol. The molecule has 0 unspecified atom stereocenters. The largest absolute Gasteiger partial charge is 0.368 e. The molecule has 6 nitrogen and oxygen atoms in total. The van der Waals surface area contributed by atoms with Crippen molar-refractivity contribution in [1.82, 2.24) is 15.3 Å². The van der Waals surface area contributed by atoms with Gasteiger partial charge in [-0.3, -0.25) is 9.59 Å². The number of nitrogens with one attached hydrogen (secondary N) is 3. The standard InChI is InChI=1S/C10H15BrN4O2/c1-6(2)15-7(16)3-4-12-9-8(11)10(17)14-5-13-9/h5-6H,3-4H2,1-2H3,(H,15,16)(H2,12,13,14,17). The second-order valence-corrected chi connectivity index (χ2v) is 4.59. The van der Waals surface area contributed by atoms with Crippen LogP contribution >= 0.6 is 15.9 Å². The fraction of sp³-hybridized carbons (Fsp3) is 0.500. The molecule has 0 saturated heterocycles. The van der Waals surface area contributed by atoms with Crippen LogP contribution in [0.5, 0.6) is 0 Å². The van der Waals surface area contributed by atoms with Crippen LogP contribution in [-0.4, -0.2) is 28.5 Å². The molecule has 0 fully saturated rings. The van der Waals surface area contributed by atoms with Gasteiger partial charge in [0.25, 0.3) is 5.56 Å². The van der Waals surface area contributed by atoms with E-state index in [4.69, 9.17) is 0 Å². The number of aromatic amines is 1. The van der Waals surface area contributed by atoms with E-state index in [-0.39, 0.29) is 17.5 Å². The Morgan fingerprint density at radius 1 is 1.59 bits per heavy atom. The molecule has 1 aromatic heterocycles. The number of anilines is 1. The van der Waals surface area contributed by atoms with Gasteiger partial charge in [-0.05, 0) is 29.8 Å². The molecular formula is C10H15BrN4O2. The Labute approximate surface area is 107 Å². The average Bonchev–Trinajstić information content (AvgIpc) is 2.23. The fourth-order valence-corrected chi connectivity index (χ4v) is 1.55. The molecule has 7 heteroatoms. The first kappa shape index (κ1) is 13.7. The zero-order valence-corrected chi connectivity index (χ0v) is 11.3. The average molecular weight is 303 g/mol. The number of hydrogen-bond acceptors (Lipinski definition) is 4. The lowest BCUT2D eigenvalue weighted by atomic mass is 10.3. The summed E-state index contributed by atoms with van der Waals surface area (Å²) in [5.74, 6) is 0.402. The number of aromatic nitrogens is 2. The summed E-state index contributed by atoms with van der Waals surface area (Å²) in [5.41, 5.74) is -0.255. The first-order valence-corrected chi connectivity index (χ1v) is 6.06. The first-order chi connectivity index (χ1) is 8.00. The van der Waals surface area contributed by atoms with Gasteiger partial charge >= 0.3 is 0 Å². The summed E-state index contributed by atoms with van der Waals surface area (Å²) in [6.45, 7) is 4.23. The highest BCUT2D eigenvalue weighted by atomic mass is 79.9. The maximum Gasteiger partial charge on any atom is 0.267 e. The fourth-order valence-electron chi connectivity index (χ4n) is 1.19. The van der Waals surface area contributed by atoms with Gasteiger partial charge in [0, 0.05) is 19.0 Å². The zero-order valence-electron chi connectivity index (χ0n) is 9.71. The molecule has 1 amide bonds. The molecule has 1 rings (SSSR count). The van der Waals surface area contributed by atoms with E-state index in [1.165, 1.54) is 6.33 Å². The van der Waals surface area contributed by atoms with Crippen LogP contribution in [0, 0.1) is 0 Å². The van der Waals surface area contributed by atoms with Gasteiger partial charge in [0.15, 0.2) is 0 Å². The molecule has 0 aromatic carbocycles. The Morgan fingerprint density at radius 2 is 2.29 bits per heavy atom. The summed E-state index contributed by atoms with van der Waals surface area (Å²) in [6, 6.07) is 0.131. The van der Waals surface area contributed by atoms with E-state index in [2.05, 4.69) is 36.5 Å². The van der Waals surface area contributed by atoms with Crippen molar-refractivity contribution in [3.63, 3.8) is 0 Å². The molecule has 0 aliphatic carbocycles. The molecule has 17 heavy (non-hydrogen) atoms. The topological polar surface area (TPSA) is 86.9 Å². The van der Waals surface area contributed by atoms with Gasteiger partial charge in [0.05, 0.1) is 6.33 Å². The Bertz CT molecular complexity index is 444. The summed E-state index contributed by atoms with van der Waals surface area (Å²) in [6.07, 6.45) is 1.64. The van der Waals surface area contributed by atoms with Gasteiger partial charge in [0.2, 0.25) is 5.91 Å². The summed E-state index contributed by atoms with van der Waals surface area (Å²) in [7, 11) is 0. The number of nitrogens with zero attached hydrogens (tertiary/aromatic N) is 1. The second kappa shape index (κ2) is 6.39. The lowest BCUT2D eigenvalue weighted by Gasteiger charge is -2.09. The van der Waals surface area contributed by atoms with E-state index in [1.807, 2.05) is 13.8 Å². The van der Waals surface area contributed by atoms with Crippen molar-refractivity contribution in [3.8, 4) is 0 Å². The molecular weight excluding hydrogens is 288 g/mol. The Balaban J connectivity index is 2.44. The summed E-state index contributed by atoms with van der Waals surface area (Å²) in [5, 5.41) is 5.70. The maximum absolute atomic E-state index is 11.3. The summed E-state index contributed by atoms with van der Waals surface area (Å²) < 4.78 is 0.337. The van der Waals surface area contributed by atoms with E-state index in [9.17, 15) is 9.59 Å². The van der Waals surface area contributed by atoms with E-state index in [0.29, 0.717) is 23.3 Å². The van der Waals surface area contributed by atoms with E-state index >= 15 is 0 Å². The van der Waals surface area contributed by atoms with Gasteiger partial charge < -0.3 is 15.6 Å². The molecule has 0 radical (unpaired) electrons. The van der Waals surface area contributed by atoms with Crippen molar-refractivity contribution in [2.45, 2.75) is 26.3 Å². The highest BCUT2D eigenvalue weighted by molar-refractivity contribution is 9.10. The van der Waals surface area contributed by atoms with Gasteiger partial charge in [0.1, 0.15) is 10.3 Å². The van der Waals surface area contributed by atoms with Crippen LogP contribution in [0.3, 0.4) is 0 Å². The third kappa shape index (κ3) is 4.56. The molecule has 94 valence electrons. The van der Waals surface area contributed by atoms with Gasteiger partial charge in [-0.25, -0.2) is 4.98 Å². The molecule has 1 heterocycles. The third-order valence-corrected chi connectivity index (χ3v) is 2.63. The second-order valence-electron chi connectivity index (χ2n) is 3.79. The number of carbonyl (C=O) groups is 1. The number of hydrogen-bond donors (Lipinski definition) is 3. The maximum atomic E-state index is 11.3. The third-order valence-electron chi connectivity index (χ3n) is 1.89. The Hall–Kier alpha value is -1.37. The van der Waals surface area contributed by atoms with Crippen LogP contribution in [0.4, 0.5) is 5.82 Å². The van der Waals surface area contributed by atoms with Crippen molar-refractivity contribution >= 4 is 27.7 Å². The number of rotatable bonds is 5. The van der Waals surface area contributed by atoms with Crippen LogP contribution in [0.25, 0.3) is 0 Å². The minimum Gasteiger partial charge on any atom is -0.368 e. The van der Waals surface area contributed by atoms with Crippen LogP contribution in [0.2, 0.25) is 0 Å². The minimum atomic E-state index is -0.255. The Kier molecular flexibility index (Phi) is 5.14. The number of H-pyrrole nitrogens is 1. The van der Waals surface area contributed by atoms with E-state index < -0.39 is 0 Å². The van der Waals surface area contributed by atoms with Gasteiger partial charge in [-0.15, -0.1) is 0 Å². The van der Waals surface area contributed by atoms with Crippen molar-refractivity contribution < 1.29 is 4.79 Å². The molecule has 0 spiro atoms. The quantitative estimate of drug-likeness (QED) is 0.753. The van der Waals surface area contributed by atoms with Crippen LogP contribution in [-0.2, 0) is 4.79 Å². The van der Waals surface area contributed by atoms with Crippen molar-refractivity contribution in [1.29, 1.82) is 0 Å². The smallest absolute Gasteiger partial charge is 0.267 e. The number of halogens is 1. The number of amides is 1. The lowest BCUT2D eigenvalue weighted by Crippen LogP contribution is -2.31. The van der Waals surface area contributed by atoms with Crippen molar-refractivity contribution in [2.75, 3.05) is 11.9 Å². The summed E-state index contributed by atoms with van der Waals surface area (Å²) in [4.78, 5) is 28.9. The SMILES string of the molecule is CC(C)NC(=O)CCNc1nc[nH]c(=O)c1Br. The van der Waals surface area contributed by atoms with Crippen LogP contribution in [0.15, 0.2) is 15.6 Å². The molecule has 0 atom stereocenters. The highest BCUT2D eigenvalue weighted by Crippen LogP contribution is 2.12. The van der Waals surface area contributed by atoms with Crippen molar-refractivity contribution in [3.05, 3.63) is 21.2 Å². The van der Waals surface area contributed by atoms with Crippen LogP contribution < -0.4 is 16.2 Å². The van der Waals surface area contributed by atoms with E-state index in [1.54, 1.807) is 0 Å². The van der Waals surface area contributed by atoms with E-state index in [0.717, 1.165) is 0 Å². The molecule has 0 bridgehead atoms. The molecule has 0 aliphatic heterocycles. The van der Waals surface area contributed by atoms with Crippen LogP contribution in [0.1, 0.15) is 20.3 Å². The lowest BCUT2D eigenvalue weighted by molar-refractivity contribution is -0.121. The normalized spacial score (nSPS) is 10.4. The van der Waals surface area contributed by atoms with Gasteiger partial charge in [-0.1, -0.05) is 0 Å². The summed E-state index contributed by atoms with van der Waals surface area (Å²) >= 11 is 3.12. The molecule has 3 N–H and O–H groups in total. The first-order valence-electron chi connectivity index (χ1n) is 5.27. The predicted octanol–water partition coefficient (Wildman–Crippen LogP) is 0.859. The Morgan fingerprint density at radius 3 is 2.94 bits per heavy atom. The monoisotopic (exact) mass is 302 g/mol. The zero-order chi connectivity index (χ0) is 12.8. The molecule has 0 aliphatic rings. The highest BCUT2D eigenvalue weighted by Gasteiger charge is 2.06. The van der Waals surface area contributed by atoms with Crippen molar-refractivity contribution in [2.24, 2.45) is 0 Å². The number of carbonyl (C=O) groups excluding carboxylic acids is 1. The molecule has 1 aromatic rings. The minimum absolute atomic E-state index is 0.0338.